The summed E-state index contributed by atoms with van der Waals surface area (Å²) in [6.45, 7) is 1.57. The molecule has 33 heavy (non-hydrogen) atoms. The molecule has 174 valence electrons. The van der Waals surface area contributed by atoms with Gasteiger partial charge < -0.3 is 24.8 Å². The molecule has 9 heteroatoms. The second-order valence-electron chi connectivity index (χ2n) is 8.00. The number of benzene rings is 2. The van der Waals surface area contributed by atoms with Crippen LogP contribution in [0.3, 0.4) is 0 Å². The van der Waals surface area contributed by atoms with Crippen LogP contribution in [0.4, 0.5) is 4.79 Å². The van der Waals surface area contributed by atoms with Crippen molar-refractivity contribution in [1.82, 2.24) is 15.1 Å². The maximum Gasteiger partial charge on any atom is 0.324 e. The molecule has 0 radical (unpaired) electrons. The van der Waals surface area contributed by atoms with Crippen LogP contribution in [0.25, 0.3) is 11.1 Å². The van der Waals surface area contributed by atoms with Gasteiger partial charge in [0.15, 0.2) is 0 Å². The van der Waals surface area contributed by atoms with E-state index in [0.717, 1.165) is 16.0 Å². The summed E-state index contributed by atoms with van der Waals surface area (Å²) in [5.74, 6) is -0.158. The number of imide groups is 1. The molecule has 2 saturated heterocycles. The second-order valence-corrected chi connectivity index (χ2v) is 8.00. The topological polar surface area (TPSA) is 108 Å². The quantitative estimate of drug-likeness (QED) is 0.583. The first kappa shape index (κ1) is 22.8. The molecular weight excluding hydrogens is 426 g/mol. The Bertz CT molecular complexity index is 975. The van der Waals surface area contributed by atoms with E-state index in [2.05, 4.69) is 5.32 Å². The van der Waals surface area contributed by atoms with Gasteiger partial charge in [-0.3, -0.25) is 14.5 Å². The molecule has 2 N–H and O–H groups in total. The molecule has 2 aliphatic heterocycles. The largest absolute Gasteiger partial charge is 0.491 e. The highest BCUT2D eigenvalue weighted by molar-refractivity contribution is 6.05. The number of morpholine rings is 1. The maximum absolute atomic E-state index is 12.6. The number of carbonyl (C=O) groups is 3. The lowest BCUT2D eigenvalue weighted by atomic mass is 10.1. The minimum atomic E-state index is -1.07. The molecule has 0 unspecified atom stereocenters. The predicted molar refractivity (Wildman–Crippen MR) is 119 cm³/mol. The zero-order chi connectivity index (χ0) is 23.2. The Balaban J connectivity index is 1.25. The highest BCUT2D eigenvalue weighted by atomic mass is 16.5. The Morgan fingerprint density at radius 3 is 2.42 bits per heavy atom. The normalized spacial score (nSPS) is 19.4. The number of hydrogen-bond donors (Lipinski definition) is 2. The van der Waals surface area contributed by atoms with Gasteiger partial charge in [-0.2, -0.15) is 0 Å². The number of amides is 4. The van der Waals surface area contributed by atoms with Gasteiger partial charge in [-0.1, -0.05) is 42.5 Å². The molecule has 9 nitrogen and oxygen atoms in total. The Morgan fingerprint density at radius 2 is 1.73 bits per heavy atom. The van der Waals surface area contributed by atoms with Crippen LogP contribution in [0.2, 0.25) is 0 Å². The molecule has 0 aliphatic carbocycles. The molecule has 2 aromatic carbocycles. The van der Waals surface area contributed by atoms with Crippen molar-refractivity contribution < 1.29 is 29.0 Å². The SMILES string of the molecule is O=C(C[C@H]1NC(=O)N(C[C@@H](O)COc2ccc(-c3ccccc3)cc2)C1=O)N1CCOCC1. The zero-order valence-corrected chi connectivity index (χ0v) is 18.2. The molecule has 2 heterocycles. The average molecular weight is 453 g/mol. The van der Waals surface area contributed by atoms with E-state index in [-0.39, 0.29) is 25.5 Å². The van der Waals surface area contributed by atoms with Crippen molar-refractivity contribution >= 4 is 17.8 Å². The summed E-state index contributed by atoms with van der Waals surface area (Å²) in [5, 5.41) is 12.9. The highest BCUT2D eigenvalue weighted by Crippen LogP contribution is 2.22. The molecule has 2 aliphatic rings. The van der Waals surface area contributed by atoms with Crippen LogP contribution < -0.4 is 10.1 Å². The van der Waals surface area contributed by atoms with E-state index in [1.165, 1.54) is 0 Å². The van der Waals surface area contributed by atoms with Gasteiger partial charge in [-0.15, -0.1) is 0 Å². The summed E-state index contributed by atoms with van der Waals surface area (Å²) in [7, 11) is 0. The molecule has 2 fully saturated rings. The summed E-state index contributed by atoms with van der Waals surface area (Å²) < 4.78 is 10.8. The standard InChI is InChI=1S/C24H27N3O6/c28-19(16-33-20-8-6-18(7-9-20)17-4-2-1-3-5-17)15-27-23(30)21(25-24(27)31)14-22(29)26-10-12-32-13-11-26/h1-9,19,21,28H,10-16H2,(H,25,31)/t19-,21-/m1/s1. The number of nitrogens with one attached hydrogen (secondary N) is 1. The lowest BCUT2D eigenvalue weighted by molar-refractivity contribution is -0.138. The van der Waals surface area contributed by atoms with Crippen LogP contribution in [0.5, 0.6) is 5.75 Å². The number of hydrogen-bond acceptors (Lipinski definition) is 6. The fraction of sp³-hybridized carbons (Fsp3) is 0.375. The van der Waals surface area contributed by atoms with Gasteiger partial charge in [0.05, 0.1) is 26.2 Å². The van der Waals surface area contributed by atoms with Crippen molar-refractivity contribution in [3.8, 4) is 16.9 Å². The minimum absolute atomic E-state index is 0.0842. The first-order chi connectivity index (χ1) is 16.0. The van der Waals surface area contributed by atoms with E-state index in [4.69, 9.17) is 9.47 Å². The summed E-state index contributed by atoms with van der Waals surface area (Å²) in [6.07, 6.45) is -1.18. The van der Waals surface area contributed by atoms with E-state index in [1.807, 2.05) is 42.5 Å². The lowest BCUT2D eigenvalue weighted by Crippen LogP contribution is -2.44. The van der Waals surface area contributed by atoms with Crippen LogP contribution in [0.15, 0.2) is 54.6 Å². The van der Waals surface area contributed by atoms with E-state index in [9.17, 15) is 19.5 Å². The van der Waals surface area contributed by atoms with Gasteiger partial charge in [0.1, 0.15) is 24.5 Å². The second kappa shape index (κ2) is 10.5. The van der Waals surface area contributed by atoms with Gasteiger partial charge in [-0.05, 0) is 23.3 Å². The molecule has 2 atom stereocenters. The molecular formula is C24H27N3O6. The summed E-state index contributed by atoms with van der Waals surface area (Å²) in [5.41, 5.74) is 2.13. The number of carbonyl (C=O) groups excluding carboxylic acids is 3. The average Bonchev–Trinajstić information content (AvgIpc) is 3.11. The molecule has 0 saturated carbocycles. The third-order valence-electron chi connectivity index (χ3n) is 5.65. The smallest absolute Gasteiger partial charge is 0.324 e. The number of rotatable bonds is 8. The van der Waals surface area contributed by atoms with E-state index < -0.39 is 24.1 Å². The Morgan fingerprint density at radius 1 is 1.06 bits per heavy atom. The fourth-order valence-electron chi connectivity index (χ4n) is 3.83. The van der Waals surface area contributed by atoms with E-state index in [1.54, 1.807) is 17.0 Å². The van der Waals surface area contributed by atoms with Crippen molar-refractivity contribution in [2.45, 2.75) is 18.6 Å². The van der Waals surface area contributed by atoms with Gasteiger partial charge in [0.25, 0.3) is 5.91 Å². The Kier molecular flexibility index (Phi) is 7.21. The maximum atomic E-state index is 12.6. The van der Waals surface area contributed by atoms with E-state index in [0.29, 0.717) is 32.1 Å². The third-order valence-corrected chi connectivity index (χ3v) is 5.65. The third kappa shape index (κ3) is 5.68. The van der Waals surface area contributed by atoms with Gasteiger partial charge in [0, 0.05) is 13.1 Å². The molecule has 0 bridgehead atoms. The van der Waals surface area contributed by atoms with E-state index >= 15 is 0 Å². The molecule has 0 spiro atoms. The summed E-state index contributed by atoms with van der Waals surface area (Å²) >= 11 is 0. The number of urea groups is 1. The predicted octanol–water partition coefficient (Wildman–Crippen LogP) is 1.26. The summed E-state index contributed by atoms with van der Waals surface area (Å²) in [4.78, 5) is 39.8. The van der Waals surface area contributed by atoms with Crippen LogP contribution in [-0.4, -0.2) is 84.4 Å². The van der Waals surface area contributed by atoms with Crippen LogP contribution in [-0.2, 0) is 14.3 Å². The number of aliphatic hydroxyl groups excluding tert-OH is 1. The molecule has 4 amide bonds. The zero-order valence-electron chi connectivity index (χ0n) is 18.2. The van der Waals surface area contributed by atoms with Crippen molar-refractivity contribution in [3.63, 3.8) is 0 Å². The Labute approximate surface area is 191 Å². The number of β-amino-alcohol motifs (C(OH)–C–C–N with tert-alkyl or cyclic N) is 1. The van der Waals surface area contributed by atoms with Crippen molar-refractivity contribution in [2.75, 3.05) is 39.5 Å². The van der Waals surface area contributed by atoms with Gasteiger partial charge in [-0.25, -0.2) is 4.79 Å². The Hall–Kier alpha value is -3.43. The first-order valence-corrected chi connectivity index (χ1v) is 10.9. The fourth-order valence-corrected chi connectivity index (χ4v) is 3.83. The number of ether oxygens (including phenoxy) is 2. The molecule has 4 rings (SSSR count). The number of aliphatic hydroxyl groups is 1. The highest BCUT2D eigenvalue weighted by Gasteiger charge is 2.40. The van der Waals surface area contributed by atoms with Crippen molar-refractivity contribution in [3.05, 3.63) is 54.6 Å². The summed E-state index contributed by atoms with van der Waals surface area (Å²) in [6, 6.07) is 15.8. The van der Waals surface area contributed by atoms with Gasteiger partial charge in [0.2, 0.25) is 5.91 Å². The minimum Gasteiger partial charge on any atom is -0.491 e. The van der Waals surface area contributed by atoms with Crippen LogP contribution >= 0.6 is 0 Å². The van der Waals surface area contributed by atoms with Gasteiger partial charge >= 0.3 is 6.03 Å². The molecule has 2 aromatic rings. The van der Waals surface area contributed by atoms with Crippen molar-refractivity contribution in [2.24, 2.45) is 0 Å². The monoisotopic (exact) mass is 453 g/mol. The van der Waals surface area contributed by atoms with Crippen LogP contribution in [0.1, 0.15) is 6.42 Å². The van der Waals surface area contributed by atoms with Crippen LogP contribution in [0, 0.1) is 0 Å². The lowest BCUT2D eigenvalue weighted by Gasteiger charge is -2.27. The molecule has 0 aromatic heterocycles. The van der Waals surface area contributed by atoms with Crippen molar-refractivity contribution in [1.29, 1.82) is 0 Å². The first-order valence-electron chi connectivity index (χ1n) is 10.9. The number of nitrogens with zero attached hydrogens (tertiary/aromatic N) is 2.